The fraction of sp³-hybridized carbons (Fsp3) is 0.294. The normalized spacial score (nSPS) is 14.6. The Bertz CT molecular complexity index is 697. The molecule has 2 heterocycles. The second-order valence-electron chi connectivity index (χ2n) is 5.53. The van der Waals surface area contributed by atoms with Crippen LogP contribution in [0.25, 0.3) is 0 Å². The average Bonchev–Trinajstić information content (AvgIpc) is 2.58. The number of anilines is 2. The summed E-state index contributed by atoms with van der Waals surface area (Å²) in [5, 5.41) is 2.82. The molecule has 23 heavy (non-hydrogen) atoms. The largest absolute Gasteiger partial charge is 0.352 e. The second-order valence-corrected chi connectivity index (χ2v) is 5.53. The Morgan fingerprint density at radius 2 is 1.87 bits per heavy atom. The van der Waals surface area contributed by atoms with Crippen molar-refractivity contribution in [2.45, 2.75) is 19.3 Å². The molecule has 1 aliphatic rings. The third-order valence-electron chi connectivity index (χ3n) is 3.84. The molecule has 1 saturated heterocycles. The van der Waals surface area contributed by atoms with Gasteiger partial charge in [-0.05, 0) is 43.5 Å². The van der Waals surface area contributed by atoms with Gasteiger partial charge in [0.15, 0.2) is 0 Å². The van der Waals surface area contributed by atoms with Crippen LogP contribution in [0, 0.1) is 11.6 Å². The number of hydrogen-bond acceptors (Lipinski definition) is 3. The summed E-state index contributed by atoms with van der Waals surface area (Å²) in [6, 6.07) is 6.57. The highest BCUT2D eigenvalue weighted by Crippen LogP contribution is 2.20. The van der Waals surface area contributed by atoms with E-state index >= 15 is 0 Å². The lowest BCUT2D eigenvalue weighted by Crippen LogP contribution is -2.36. The third kappa shape index (κ3) is 3.64. The van der Waals surface area contributed by atoms with Crippen LogP contribution in [-0.4, -0.2) is 28.9 Å². The zero-order chi connectivity index (χ0) is 16.2. The number of halogens is 2. The van der Waals surface area contributed by atoms with E-state index in [-0.39, 0.29) is 11.6 Å². The van der Waals surface area contributed by atoms with E-state index in [2.05, 4.69) is 10.3 Å². The van der Waals surface area contributed by atoms with E-state index in [4.69, 9.17) is 0 Å². The highest BCUT2D eigenvalue weighted by Gasteiger charge is 2.19. The van der Waals surface area contributed by atoms with Gasteiger partial charge in [0.2, 0.25) is 0 Å². The molecule has 4 nitrogen and oxygen atoms in total. The van der Waals surface area contributed by atoms with E-state index in [0.717, 1.165) is 38.4 Å². The Kier molecular flexibility index (Phi) is 4.50. The van der Waals surface area contributed by atoms with Crippen LogP contribution in [0.5, 0.6) is 0 Å². The third-order valence-corrected chi connectivity index (χ3v) is 3.84. The van der Waals surface area contributed by atoms with E-state index < -0.39 is 11.6 Å². The Labute approximate surface area is 133 Å². The first kappa shape index (κ1) is 15.4. The standard InChI is InChI=1S/C17H17F2N3O/c18-12-4-6-15(14(19)10-12)21-13-5-7-16(20-11-13)17(23)22-8-2-1-3-9-22/h4-7,10-11,21H,1-3,8-9H2. The van der Waals surface area contributed by atoms with E-state index in [0.29, 0.717) is 11.4 Å². The number of nitrogens with zero attached hydrogens (tertiary/aromatic N) is 2. The molecule has 1 N–H and O–H groups in total. The van der Waals surface area contributed by atoms with Crippen LogP contribution in [0.3, 0.4) is 0 Å². The molecule has 1 amide bonds. The number of benzene rings is 1. The maximum atomic E-state index is 13.6. The topological polar surface area (TPSA) is 45.2 Å². The summed E-state index contributed by atoms with van der Waals surface area (Å²) in [4.78, 5) is 18.3. The minimum atomic E-state index is -0.682. The highest BCUT2D eigenvalue weighted by molar-refractivity contribution is 5.92. The van der Waals surface area contributed by atoms with Gasteiger partial charge in [0.05, 0.1) is 17.6 Å². The molecule has 3 rings (SSSR count). The van der Waals surface area contributed by atoms with Crippen molar-refractivity contribution in [1.82, 2.24) is 9.88 Å². The van der Waals surface area contributed by atoms with Crippen molar-refractivity contribution in [2.24, 2.45) is 0 Å². The lowest BCUT2D eigenvalue weighted by Gasteiger charge is -2.26. The second kappa shape index (κ2) is 6.73. The van der Waals surface area contributed by atoms with Gasteiger partial charge in [0, 0.05) is 19.2 Å². The number of amides is 1. The molecule has 0 bridgehead atoms. The summed E-state index contributed by atoms with van der Waals surface area (Å²) in [5.74, 6) is -1.39. The highest BCUT2D eigenvalue weighted by atomic mass is 19.1. The van der Waals surface area contributed by atoms with Crippen molar-refractivity contribution in [3.63, 3.8) is 0 Å². The molecule has 120 valence electrons. The van der Waals surface area contributed by atoms with Gasteiger partial charge in [-0.1, -0.05) is 0 Å². The summed E-state index contributed by atoms with van der Waals surface area (Å²) in [7, 11) is 0. The summed E-state index contributed by atoms with van der Waals surface area (Å²) >= 11 is 0. The van der Waals surface area contributed by atoms with E-state index in [1.165, 1.54) is 18.3 Å². The van der Waals surface area contributed by atoms with Crippen LogP contribution in [0.2, 0.25) is 0 Å². The van der Waals surface area contributed by atoms with Gasteiger partial charge in [-0.25, -0.2) is 13.8 Å². The van der Waals surface area contributed by atoms with Gasteiger partial charge in [-0.2, -0.15) is 0 Å². The number of piperidine rings is 1. The van der Waals surface area contributed by atoms with Crippen molar-refractivity contribution < 1.29 is 13.6 Å². The molecule has 1 aromatic carbocycles. The molecule has 1 aliphatic heterocycles. The summed E-state index contributed by atoms with van der Waals surface area (Å²) in [6.45, 7) is 1.53. The lowest BCUT2D eigenvalue weighted by molar-refractivity contribution is 0.0718. The summed E-state index contributed by atoms with van der Waals surface area (Å²) in [6.07, 6.45) is 4.67. The van der Waals surface area contributed by atoms with Crippen molar-refractivity contribution in [1.29, 1.82) is 0 Å². The van der Waals surface area contributed by atoms with Crippen LogP contribution < -0.4 is 5.32 Å². The molecule has 0 unspecified atom stereocenters. The molecule has 0 saturated carbocycles. The van der Waals surface area contributed by atoms with Gasteiger partial charge in [-0.3, -0.25) is 4.79 Å². The lowest BCUT2D eigenvalue weighted by atomic mass is 10.1. The predicted octanol–water partition coefficient (Wildman–Crippen LogP) is 3.73. The Balaban J connectivity index is 1.70. The molecule has 0 aliphatic carbocycles. The zero-order valence-electron chi connectivity index (χ0n) is 12.6. The van der Waals surface area contributed by atoms with Gasteiger partial charge >= 0.3 is 0 Å². The SMILES string of the molecule is O=C(c1ccc(Nc2ccc(F)cc2F)cn1)N1CCCCC1. The Hall–Kier alpha value is -2.50. The number of nitrogens with one attached hydrogen (secondary N) is 1. The van der Waals surface area contributed by atoms with E-state index in [9.17, 15) is 13.6 Å². The number of pyridine rings is 1. The van der Waals surface area contributed by atoms with Crippen LogP contribution in [0.15, 0.2) is 36.5 Å². The molecule has 0 atom stereocenters. The molecule has 6 heteroatoms. The summed E-state index contributed by atoms with van der Waals surface area (Å²) < 4.78 is 26.5. The van der Waals surface area contributed by atoms with Crippen LogP contribution in [-0.2, 0) is 0 Å². The number of carbonyl (C=O) groups is 1. The van der Waals surface area contributed by atoms with Gasteiger partial charge in [0.1, 0.15) is 17.3 Å². The van der Waals surface area contributed by atoms with Crippen molar-refractivity contribution >= 4 is 17.3 Å². The fourth-order valence-corrected chi connectivity index (χ4v) is 2.60. The maximum Gasteiger partial charge on any atom is 0.272 e. The Morgan fingerprint density at radius 3 is 2.52 bits per heavy atom. The van der Waals surface area contributed by atoms with Crippen LogP contribution in [0.1, 0.15) is 29.8 Å². The molecular formula is C17H17F2N3O. The van der Waals surface area contributed by atoms with Crippen LogP contribution in [0.4, 0.5) is 20.2 Å². The van der Waals surface area contributed by atoms with Crippen molar-refractivity contribution in [3.8, 4) is 0 Å². The minimum absolute atomic E-state index is 0.0794. The number of aromatic nitrogens is 1. The van der Waals surface area contributed by atoms with Gasteiger partial charge < -0.3 is 10.2 Å². The van der Waals surface area contributed by atoms with Gasteiger partial charge in [-0.15, -0.1) is 0 Å². The van der Waals surface area contributed by atoms with Gasteiger partial charge in [0.25, 0.3) is 5.91 Å². The Morgan fingerprint density at radius 1 is 1.09 bits per heavy atom. The molecule has 1 aromatic heterocycles. The molecule has 2 aromatic rings. The first-order valence-electron chi connectivity index (χ1n) is 7.61. The van der Waals surface area contributed by atoms with Crippen molar-refractivity contribution in [3.05, 3.63) is 53.9 Å². The smallest absolute Gasteiger partial charge is 0.272 e. The quantitative estimate of drug-likeness (QED) is 0.938. The fourth-order valence-electron chi connectivity index (χ4n) is 2.60. The maximum absolute atomic E-state index is 13.6. The predicted molar refractivity (Wildman–Crippen MR) is 83.6 cm³/mol. The first-order valence-corrected chi connectivity index (χ1v) is 7.61. The van der Waals surface area contributed by atoms with Crippen LogP contribution >= 0.6 is 0 Å². The monoisotopic (exact) mass is 317 g/mol. The average molecular weight is 317 g/mol. The zero-order valence-corrected chi connectivity index (χ0v) is 12.6. The molecule has 0 spiro atoms. The number of rotatable bonds is 3. The van der Waals surface area contributed by atoms with E-state index in [1.807, 2.05) is 0 Å². The number of carbonyl (C=O) groups excluding carboxylic acids is 1. The molecular weight excluding hydrogens is 300 g/mol. The van der Waals surface area contributed by atoms with Crippen molar-refractivity contribution in [2.75, 3.05) is 18.4 Å². The minimum Gasteiger partial charge on any atom is -0.352 e. The summed E-state index contributed by atoms with van der Waals surface area (Å²) in [5.41, 5.74) is 1.06. The number of hydrogen-bond donors (Lipinski definition) is 1. The molecule has 0 radical (unpaired) electrons. The van der Waals surface area contributed by atoms with E-state index in [1.54, 1.807) is 17.0 Å². The number of likely N-dealkylation sites (tertiary alicyclic amines) is 1. The first-order chi connectivity index (χ1) is 11.1. The molecule has 1 fully saturated rings.